The van der Waals surface area contributed by atoms with Crippen LogP contribution in [0.3, 0.4) is 0 Å². The fraction of sp³-hybridized carbons (Fsp3) is 0.143. The van der Waals surface area contributed by atoms with Gasteiger partial charge in [0.1, 0.15) is 5.69 Å². The van der Waals surface area contributed by atoms with Gasteiger partial charge in [0.05, 0.1) is 0 Å². The summed E-state index contributed by atoms with van der Waals surface area (Å²) >= 11 is 0. The first-order valence-corrected chi connectivity index (χ1v) is 3.48. The second-order valence-corrected chi connectivity index (χ2v) is 2.34. The van der Waals surface area contributed by atoms with Crippen LogP contribution in [-0.2, 0) is 0 Å². The molecular weight excluding hydrogens is 389 g/mol. The first-order valence-electron chi connectivity index (χ1n) is 2.90. The van der Waals surface area contributed by atoms with E-state index in [1.165, 1.54) is 11.3 Å². The molecule has 0 radical (unpaired) electrons. The number of hydrogen-bond acceptors (Lipinski definition) is 0. The molecular formula is C7H10CsINP. The quantitative estimate of drug-likeness (QED) is 0.278. The van der Waals surface area contributed by atoms with Crippen molar-refractivity contribution in [3.8, 4) is 0 Å². The van der Waals surface area contributed by atoms with Gasteiger partial charge >= 0.3 is 68.9 Å². The number of hydrogen-bond donors (Lipinski definition) is 1. The van der Waals surface area contributed by atoms with Gasteiger partial charge in [-0.05, 0) is 19.1 Å². The number of benzene rings is 1. The fourth-order valence-corrected chi connectivity index (χ4v) is 0.855. The van der Waals surface area contributed by atoms with Gasteiger partial charge in [0, 0.05) is 0 Å². The molecule has 56 valence electrons. The summed E-state index contributed by atoms with van der Waals surface area (Å²) in [6, 6.07) is 8.32. The minimum absolute atomic E-state index is 0. The second-order valence-electron chi connectivity index (χ2n) is 2.06. The molecule has 0 aliphatic rings. The molecule has 0 aliphatic carbocycles. The zero-order valence-corrected chi connectivity index (χ0v) is 16.2. The van der Waals surface area contributed by atoms with Crippen molar-refractivity contribution in [1.82, 2.24) is 0 Å². The third kappa shape index (κ3) is 6.46. The van der Waals surface area contributed by atoms with Crippen molar-refractivity contribution in [3.63, 3.8) is 0 Å². The van der Waals surface area contributed by atoms with Gasteiger partial charge in [-0.3, -0.25) is 9.39 Å². The third-order valence-corrected chi connectivity index (χ3v) is 1.58. The molecule has 2 N–H and O–H groups in total. The van der Waals surface area contributed by atoms with Gasteiger partial charge in [0.2, 0.25) is 0 Å². The Morgan fingerprint density at radius 1 is 1.18 bits per heavy atom. The van der Waals surface area contributed by atoms with Crippen molar-refractivity contribution in [2.45, 2.75) is 6.92 Å². The predicted molar refractivity (Wildman–Crippen MR) is 41.1 cm³/mol. The summed E-state index contributed by atoms with van der Waals surface area (Å²) < 4.78 is 0. The van der Waals surface area contributed by atoms with Crippen molar-refractivity contribution in [2.75, 3.05) is 0 Å². The van der Waals surface area contributed by atoms with Crippen LogP contribution in [0.5, 0.6) is 0 Å². The zero-order valence-electron chi connectivity index (χ0n) is 6.76. The van der Waals surface area contributed by atoms with Crippen molar-refractivity contribution in [1.29, 1.82) is 0 Å². The first kappa shape index (κ1) is 15.8. The van der Waals surface area contributed by atoms with E-state index >= 15 is 0 Å². The monoisotopic (exact) mass is 399 g/mol. The predicted octanol–water partition coefficient (Wildman–Crippen LogP) is -4.74. The minimum atomic E-state index is 0. The van der Waals surface area contributed by atoms with Crippen molar-refractivity contribution >= 4 is 15.1 Å². The molecule has 1 aromatic carbocycles. The van der Waals surface area contributed by atoms with Crippen molar-refractivity contribution in [2.24, 2.45) is 0 Å². The van der Waals surface area contributed by atoms with E-state index in [2.05, 4.69) is 40.6 Å². The molecule has 0 bridgehead atoms. The Morgan fingerprint density at radius 2 is 1.64 bits per heavy atom. The third-order valence-electron chi connectivity index (χ3n) is 1.24. The maximum absolute atomic E-state index is 3.30. The summed E-state index contributed by atoms with van der Waals surface area (Å²) in [5.41, 5.74) is 2.50. The molecule has 0 fully saturated rings. The van der Waals surface area contributed by atoms with E-state index in [0.717, 1.165) is 0 Å². The molecule has 0 amide bonds. The van der Waals surface area contributed by atoms with Crippen LogP contribution in [-0.4, -0.2) is 0 Å². The Kier molecular flexibility index (Phi) is 12.9. The normalized spacial score (nSPS) is 7.82. The molecule has 1 aromatic rings. The summed E-state index contributed by atoms with van der Waals surface area (Å²) in [4.78, 5) is 0. The molecule has 0 atom stereocenters. The topological polar surface area (TPSA) is 16.6 Å². The smallest absolute Gasteiger partial charge is 1.00 e. The Hall–Kier alpha value is 2.39. The molecule has 0 aliphatic heterocycles. The standard InChI is InChI=1S/C7H10NP.Cs.HI/c1-6-2-4-7(8-9)5-3-6;;/h2-5,9H,8H2,1H3;;1H/q;+1;/p-1. The number of rotatable bonds is 1. The molecule has 1 nitrogen and oxygen atoms in total. The van der Waals surface area contributed by atoms with Crippen LogP contribution in [0.2, 0.25) is 0 Å². The van der Waals surface area contributed by atoms with E-state index in [-0.39, 0.29) is 92.9 Å². The van der Waals surface area contributed by atoms with E-state index < -0.39 is 0 Å². The van der Waals surface area contributed by atoms with Crippen LogP contribution >= 0.6 is 9.39 Å². The van der Waals surface area contributed by atoms with Crippen LogP contribution in [0.4, 0.5) is 5.69 Å². The Morgan fingerprint density at radius 3 is 2.00 bits per heavy atom. The van der Waals surface area contributed by atoms with Gasteiger partial charge in [0.25, 0.3) is 0 Å². The van der Waals surface area contributed by atoms with Crippen LogP contribution < -0.4 is 98.0 Å². The van der Waals surface area contributed by atoms with E-state index in [9.17, 15) is 0 Å². The number of quaternary nitrogens is 1. The summed E-state index contributed by atoms with van der Waals surface area (Å²) in [5.74, 6) is 0. The Balaban J connectivity index is 0. The largest absolute Gasteiger partial charge is 1.00 e. The van der Waals surface area contributed by atoms with Crippen LogP contribution in [0, 0.1) is 6.92 Å². The number of halogens is 1. The fourth-order valence-electron chi connectivity index (χ4n) is 0.663. The molecule has 1 rings (SSSR count). The Labute approximate surface area is 146 Å². The van der Waals surface area contributed by atoms with Gasteiger partial charge in [-0.2, -0.15) is 0 Å². The summed E-state index contributed by atoms with van der Waals surface area (Å²) in [5, 5.41) is 1.90. The van der Waals surface area contributed by atoms with E-state index in [1.54, 1.807) is 0 Å². The molecule has 11 heavy (non-hydrogen) atoms. The van der Waals surface area contributed by atoms with Gasteiger partial charge in [0.15, 0.2) is 0 Å². The molecule has 4 heteroatoms. The summed E-state index contributed by atoms with van der Waals surface area (Å²) in [6.07, 6.45) is 0. The molecule has 0 heterocycles. The second kappa shape index (κ2) is 8.97. The number of nitrogens with two attached hydrogens (primary N) is 1. The molecule has 0 unspecified atom stereocenters. The van der Waals surface area contributed by atoms with E-state index in [0.29, 0.717) is 0 Å². The average Bonchev–Trinajstić information content (AvgIpc) is 1.90. The minimum Gasteiger partial charge on any atom is -1.00 e. The van der Waals surface area contributed by atoms with Crippen LogP contribution in [0.15, 0.2) is 24.3 Å². The molecule has 0 aromatic heterocycles. The first-order chi connectivity index (χ1) is 4.33. The van der Waals surface area contributed by atoms with Crippen LogP contribution in [0.25, 0.3) is 0 Å². The maximum Gasteiger partial charge on any atom is 1.00 e. The Bertz CT molecular complexity index is 190. The van der Waals surface area contributed by atoms with Crippen LogP contribution in [0.1, 0.15) is 5.56 Å². The van der Waals surface area contributed by atoms with Gasteiger partial charge in [-0.25, -0.2) is 0 Å². The van der Waals surface area contributed by atoms with Crippen molar-refractivity contribution in [3.05, 3.63) is 29.8 Å². The van der Waals surface area contributed by atoms with Gasteiger partial charge in [-0.15, -0.1) is 0 Å². The number of aryl methyl sites for hydroxylation is 1. The molecule has 0 saturated carbocycles. The molecule has 0 spiro atoms. The van der Waals surface area contributed by atoms with Crippen molar-refractivity contribution < 1.29 is 98.0 Å². The average molecular weight is 399 g/mol. The van der Waals surface area contributed by atoms with Gasteiger partial charge < -0.3 is 29.1 Å². The summed E-state index contributed by atoms with van der Waals surface area (Å²) in [7, 11) is 3.30. The SMILES string of the molecule is Cc1ccc([NH2+][PH-])cc1.[Cs+].[I-]. The summed E-state index contributed by atoms with van der Waals surface area (Å²) in [6.45, 7) is 2.08. The van der Waals surface area contributed by atoms with Gasteiger partial charge in [-0.1, -0.05) is 17.7 Å². The van der Waals surface area contributed by atoms with E-state index in [1.807, 2.05) is 5.09 Å². The van der Waals surface area contributed by atoms with E-state index in [4.69, 9.17) is 0 Å². The zero-order chi connectivity index (χ0) is 6.69. The maximum atomic E-state index is 3.30. The molecule has 0 saturated heterocycles.